The first-order valence-corrected chi connectivity index (χ1v) is 12.3. The third-order valence-electron chi connectivity index (χ3n) is 6.40. The molecule has 1 saturated heterocycles. The summed E-state index contributed by atoms with van der Waals surface area (Å²) in [5.74, 6) is -1.36. The highest BCUT2D eigenvalue weighted by Gasteiger charge is 2.37. The fraction of sp³-hybridized carbons (Fsp3) is 0.400. The second kappa shape index (κ2) is 9.93. The number of carbonyl (C=O) groups is 3. The molecule has 2 aliphatic rings. The van der Waals surface area contributed by atoms with Crippen LogP contribution in [0.2, 0.25) is 0 Å². The van der Waals surface area contributed by atoms with Crippen LogP contribution in [-0.4, -0.2) is 33.1 Å². The van der Waals surface area contributed by atoms with Crippen LogP contribution < -0.4 is 5.32 Å². The van der Waals surface area contributed by atoms with Gasteiger partial charge in [-0.2, -0.15) is 13.2 Å². The van der Waals surface area contributed by atoms with Crippen molar-refractivity contribution in [2.75, 3.05) is 11.9 Å². The Bertz CT molecular complexity index is 1200. The lowest BCUT2D eigenvalue weighted by Gasteiger charge is -2.26. The molecule has 1 aromatic heterocycles. The fourth-order valence-corrected chi connectivity index (χ4v) is 5.57. The monoisotopic (exact) mass is 505 g/mol. The van der Waals surface area contributed by atoms with Gasteiger partial charge >= 0.3 is 6.18 Å². The predicted octanol–water partition coefficient (Wildman–Crippen LogP) is 6.30. The van der Waals surface area contributed by atoms with Crippen molar-refractivity contribution in [2.45, 2.75) is 58.2 Å². The molecule has 0 atom stereocenters. The number of alkyl halides is 3. The van der Waals surface area contributed by atoms with Gasteiger partial charge in [0.05, 0.1) is 10.5 Å². The zero-order valence-electron chi connectivity index (χ0n) is 19.4. The van der Waals surface area contributed by atoms with Crippen molar-refractivity contribution in [1.82, 2.24) is 9.47 Å². The zero-order valence-corrected chi connectivity index (χ0v) is 20.3. The number of halogens is 3. The van der Waals surface area contributed by atoms with E-state index in [4.69, 9.17) is 0 Å². The maximum Gasteiger partial charge on any atom is 0.416 e. The molecular weight excluding hydrogens is 479 g/mol. The molecule has 2 fully saturated rings. The molecule has 10 heteroatoms. The number of hydrogen-bond acceptors (Lipinski definition) is 4. The van der Waals surface area contributed by atoms with Crippen LogP contribution in [0.15, 0.2) is 35.2 Å². The molecule has 0 bridgehead atoms. The third-order valence-corrected chi connectivity index (χ3v) is 7.31. The normalized spacial score (nSPS) is 18.5. The van der Waals surface area contributed by atoms with Crippen LogP contribution >= 0.6 is 11.8 Å². The highest BCUT2D eigenvalue weighted by atomic mass is 32.2. The topological polar surface area (TPSA) is 71.4 Å². The summed E-state index contributed by atoms with van der Waals surface area (Å²) in [5.41, 5.74) is 2.01. The number of imide groups is 1. The largest absolute Gasteiger partial charge is 0.416 e. The van der Waals surface area contributed by atoms with E-state index in [0.29, 0.717) is 6.04 Å². The molecule has 3 amide bonds. The van der Waals surface area contributed by atoms with Gasteiger partial charge in [0.1, 0.15) is 6.54 Å². The van der Waals surface area contributed by atoms with Gasteiger partial charge in [-0.1, -0.05) is 25.3 Å². The van der Waals surface area contributed by atoms with Crippen molar-refractivity contribution in [1.29, 1.82) is 0 Å². The SMILES string of the molecule is Cc1cc(/C=C2\SC(=O)N(CC(=O)Nc3cccc(C(F)(F)F)c3)C2=O)c(C)n1C1CCCCC1. The van der Waals surface area contributed by atoms with E-state index in [9.17, 15) is 27.6 Å². The van der Waals surface area contributed by atoms with Gasteiger partial charge in [-0.05, 0) is 74.4 Å². The highest BCUT2D eigenvalue weighted by Crippen LogP contribution is 2.36. The standard InChI is InChI=1S/C25H26F3N3O3S/c1-15-11-17(16(2)31(15)20-9-4-3-5-10-20)12-21-23(33)30(24(34)35-21)14-22(32)29-19-8-6-7-18(13-19)25(26,27)28/h6-8,11-13,20H,3-5,9-10,14H2,1-2H3,(H,29,32)/b21-12-. The molecule has 2 aromatic rings. The molecule has 0 spiro atoms. The quantitative estimate of drug-likeness (QED) is 0.484. The number of rotatable bonds is 5. The lowest BCUT2D eigenvalue weighted by atomic mass is 9.95. The van der Waals surface area contributed by atoms with Gasteiger partial charge in [0, 0.05) is 23.1 Å². The summed E-state index contributed by atoms with van der Waals surface area (Å²) in [6, 6.07) is 6.60. The summed E-state index contributed by atoms with van der Waals surface area (Å²) in [4.78, 5) is 38.7. The predicted molar refractivity (Wildman–Crippen MR) is 129 cm³/mol. The molecule has 0 unspecified atom stereocenters. The number of thioether (sulfide) groups is 1. The van der Waals surface area contributed by atoms with Crippen LogP contribution in [0, 0.1) is 13.8 Å². The summed E-state index contributed by atoms with van der Waals surface area (Å²) in [7, 11) is 0. The lowest BCUT2D eigenvalue weighted by Crippen LogP contribution is -2.36. The molecule has 2 heterocycles. The van der Waals surface area contributed by atoms with Crippen molar-refractivity contribution < 1.29 is 27.6 Å². The number of amides is 3. The van der Waals surface area contributed by atoms with E-state index in [2.05, 4.69) is 9.88 Å². The summed E-state index contributed by atoms with van der Waals surface area (Å²) in [6.07, 6.45) is 3.00. The van der Waals surface area contributed by atoms with Gasteiger partial charge in [-0.15, -0.1) is 0 Å². The fourth-order valence-electron chi connectivity index (χ4n) is 4.74. The minimum Gasteiger partial charge on any atom is -0.346 e. The molecule has 1 aliphatic carbocycles. The van der Waals surface area contributed by atoms with Gasteiger partial charge in [-0.25, -0.2) is 0 Å². The van der Waals surface area contributed by atoms with Crippen LogP contribution in [0.3, 0.4) is 0 Å². The summed E-state index contributed by atoms with van der Waals surface area (Å²) in [5, 5.41) is 1.73. The van der Waals surface area contributed by atoms with E-state index in [1.807, 2.05) is 19.9 Å². The Labute approximate surface area is 205 Å². The number of anilines is 1. The van der Waals surface area contributed by atoms with Crippen molar-refractivity contribution in [3.63, 3.8) is 0 Å². The number of benzene rings is 1. The van der Waals surface area contributed by atoms with Crippen LogP contribution in [0.4, 0.5) is 23.7 Å². The number of carbonyl (C=O) groups excluding carboxylic acids is 3. The van der Waals surface area contributed by atoms with E-state index >= 15 is 0 Å². The third kappa shape index (κ3) is 5.47. The van der Waals surface area contributed by atoms with E-state index < -0.39 is 35.3 Å². The maximum atomic E-state index is 12.9. The average molecular weight is 506 g/mol. The van der Waals surface area contributed by atoms with Crippen LogP contribution in [0.5, 0.6) is 0 Å². The van der Waals surface area contributed by atoms with Gasteiger partial charge in [0.15, 0.2) is 0 Å². The lowest BCUT2D eigenvalue weighted by molar-refractivity contribution is -0.137. The molecule has 186 valence electrons. The van der Waals surface area contributed by atoms with Gasteiger partial charge in [-0.3, -0.25) is 19.3 Å². The second-order valence-corrected chi connectivity index (χ2v) is 9.88. The minimum atomic E-state index is -4.55. The number of nitrogens with one attached hydrogen (secondary N) is 1. The molecule has 0 radical (unpaired) electrons. The number of nitrogens with zero attached hydrogens (tertiary/aromatic N) is 2. The summed E-state index contributed by atoms with van der Waals surface area (Å²) >= 11 is 0.751. The Morgan fingerprint density at radius 2 is 1.86 bits per heavy atom. The Morgan fingerprint density at radius 3 is 2.54 bits per heavy atom. The zero-order chi connectivity index (χ0) is 25.3. The number of aromatic nitrogens is 1. The minimum absolute atomic E-state index is 0.0671. The van der Waals surface area contributed by atoms with Gasteiger partial charge in [0.25, 0.3) is 11.1 Å². The van der Waals surface area contributed by atoms with Crippen LogP contribution in [0.1, 0.15) is 60.7 Å². The Balaban J connectivity index is 1.46. The first-order valence-electron chi connectivity index (χ1n) is 11.5. The molecule has 1 aliphatic heterocycles. The van der Waals surface area contributed by atoms with Crippen molar-refractivity contribution in [3.05, 3.63) is 57.8 Å². The van der Waals surface area contributed by atoms with E-state index in [0.717, 1.165) is 58.6 Å². The van der Waals surface area contributed by atoms with E-state index in [-0.39, 0.29) is 10.6 Å². The Hall–Kier alpha value is -3.01. The number of hydrogen-bond donors (Lipinski definition) is 1. The Kier molecular flexibility index (Phi) is 7.12. The molecule has 1 aromatic carbocycles. The molecule has 1 saturated carbocycles. The Morgan fingerprint density at radius 1 is 1.14 bits per heavy atom. The first kappa shape index (κ1) is 25.1. The first-order chi connectivity index (χ1) is 16.5. The van der Waals surface area contributed by atoms with E-state index in [1.54, 1.807) is 6.08 Å². The summed E-state index contributed by atoms with van der Waals surface area (Å²) < 4.78 is 41.0. The van der Waals surface area contributed by atoms with Gasteiger partial charge in [0.2, 0.25) is 5.91 Å². The molecular formula is C25H26F3N3O3S. The second-order valence-electron chi connectivity index (χ2n) is 8.88. The summed E-state index contributed by atoms with van der Waals surface area (Å²) in [6.45, 7) is 3.45. The number of aryl methyl sites for hydroxylation is 1. The molecule has 1 N–H and O–H groups in total. The molecule has 35 heavy (non-hydrogen) atoms. The maximum absolute atomic E-state index is 12.9. The van der Waals surface area contributed by atoms with Crippen LogP contribution in [0.25, 0.3) is 6.08 Å². The van der Waals surface area contributed by atoms with E-state index in [1.165, 1.54) is 31.4 Å². The van der Waals surface area contributed by atoms with Crippen molar-refractivity contribution >= 4 is 40.6 Å². The molecule has 4 rings (SSSR count). The van der Waals surface area contributed by atoms with Crippen LogP contribution in [-0.2, 0) is 15.8 Å². The van der Waals surface area contributed by atoms with Crippen molar-refractivity contribution in [3.8, 4) is 0 Å². The average Bonchev–Trinajstić information content (AvgIpc) is 3.23. The van der Waals surface area contributed by atoms with Crippen molar-refractivity contribution in [2.24, 2.45) is 0 Å². The molecule has 6 nitrogen and oxygen atoms in total. The smallest absolute Gasteiger partial charge is 0.346 e. The highest BCUT2D eigenvalue weighted by molar-refractivity contribution is 8.18. The van der Waals surface area contributed by atoms with Gasteiger partial charge < -0.3 is 9.88 Å².